The monoisotopic (exact) mass is 510 g/mol. The number of imidazole rings is 1. The van der Waals surface area contributed by atoms with Gasteiger partial charge in [-0.25, -0.2) is 9.78 Å². The van der Waals surface area contributed by atoms with Crippen molar-refractivity contribution in [2.45, 2.75) is 63.2 Å². The Morgan fingerprint density at radius 1 is 1.03 bits per heavy atom. The van der Waals surface area contributed by atoms with E-state index in [-0.39, 0.29) is 38.2 Å². The number of aromatic nitrogens is 2. The molecule has 4 amide bonds. The fourth-order valence-corrected chi connectivity index (χ4v) is 2.97. The molecule has 1 aromatic rings. The number of nitrogens with zero attached hydrogens (tertiary/aromatic N) is 2. The van der Waals surface area contributed by atoms with Crippen LogP contribution in [0.3, 0.4) is 0 Å². The van der Waals surface area contributed by atoms with Crippen molar-refractivity contribution in [2.24, 2.45) is 27.9 Å². The zero-order valence-electron chi connectivity index (χ0n) is 19.9. The SMILES string of the molecule is CC(NC(=O)C(Cc1cnc[nH]1)NC(=O)C(N)CCCN=C(N)N)C(=O)NC(CCC(N)=O)C(=O)O. The third kappa shape index (κ3) is 11.3. The van der Waals surface area contributed by atoms with E-state index in [1.54, 1.807) is 0 Å². The summed E-state index contributed by atoms with van der Waals surface area (Å²) in [5.74, 6) is -4.27. The molecular weight excluding hydrogens is 476 g/mol. The van der Waals surface area contributed by atoms with Gasteiger partial charge in [0.1, 0.15) is 18.1 Å². The fourth-order valence-electron chi connectivity index (χ4n) is 2.97. The van der Waals surface area contributed by atoms with Crippen molar-refractivity contribution < 1.29 is 29.1 Å². The van der Waals surface area contributed by atoms with Gasteiger partial charge in [-0.1, -0.05) is 0 Å². The predicted molar refractivity (Wildman–Crippen MR) is 128 cm³/mol. The maximum Gasteiger partial charge on any atom is 0.326 e. The summed E-state index contributed by atoms with van der Waals surface area (Å²) < 4.78 is 0. The number of hydrogen-bond acceptors (Lipinski definition) is 8. The molecule has 1 rings (SSSR count). The Morgan fingerprint density at radius 2 is 1.69 bits per heavy atom. The van der Waals surface area contributed by atoms with Gasteiger partial charge in [-0.2, -0.15) is 0 Å². The van der Waals surface area contributed by atoms with Crippen molar-refractivity contribution in [2.75, 3.05) is 6.54 Å². The quantitative estimate of drug-likeness (QED) is 0.0592. The second-order valence-corrected chi connectivity index (χ2v) is 8.03. The number of aliphatic carboxylic acids is 1. The average molecular weight is 511 g/mol. The number of nitrogens with one attached hydrogen (secondary N) is 4. The molecule has 200 valence electrons. The first-order chi connectivity index (χ1) is 16.9. The number of nitrogens with two attached hydrogens (primary N) is 4. The van der Waals surface area contributed by atoms with Crippen molar-refractivity contribution in [3.05, 3.63) is 18.2 Å². The number of hydrogen-bond donors (Lipinski definition) is 9. The summed E-state index contributed by atoms with van der Waals surface area (Å²) in [4.78, 5) is 70.7. The lowest BCUT2D eigenvalue weighted by Gasteiger charge is -2.23. The summed E-state index contributed by atoms with van der Waals surface area (Å²) in [5.41, 5.74) is 22.0. The van der Waals surface area contributed by atoms with Crippen LogP contribution in [0.25, 0.3) is 0 Å². The highest BCUT2D eigenvalue weighted by atomic mass is 16.4. The molecule has 4 atom stereocenters. The molecule has 0 aliphatic rings. The number of aromatic amines is 1. The highest BCUT2D eigenvalue weighted by Gasteiger charge is 2.29. The Labute approximate surface area is 207 Å². The molecule has 16 nitrogen and oxygen atoms in total. The number of guanidine groups is 1. The van der Waals surface area contributed by atoms with Crippen LogP contribution in [0.2, 0.25) is 0 Å². The highest BCUT2D eigenvalue weighted by Crippen LogP contribution is 2.03. The molecule has 0 aliphatic heterocycles. The number of H-pyrrole nitrogens is 1. The van der Waals surface area contributed by atoms with Crippen LogP contribution in [0, 0.1) is 0 Å². The van der Waals surface area contributed by atoms with E-state index >= 15 is 0 Å². The van der Waals surface area contributed by atoms with Crippen molar-refractivity contribution in [3.63, 3.8) is 0 Å². The van der Waals surface area contributed by atoms with Crippen molar-refractivity contribution >= 4 is 35.6 Å². The fraction of sp³-hybridized carbons (Fsp3) is 0.550. The van der Waals surface area contributed by atoms with E-state index in [1.807, 2.05) is 0 Å². The molecule has 0 aromatic carbocycles. The van der Waals surface area contributed by atoms with Crippen LogP contribution >= 0.6 is 0 Å². The molecule has 0 aliphatic carbocycles. The summed E-state index contributed by atoms with van der Waals surface area (Å²) in [7, 11) is 0. The topological polar surface area (TPSA) is 287 Å². The molecule has 1 heterocycles. The summed E-state index contributed by atoms with van der Waals surface area (Å²) >= 11 is 0. The maximum absolute atomic E-state index is 12.9. The second kappa shape index (κ2) is 14.9. The molecule has 0 bridgehead atoms. The lowest BCUT2D eigenvalue weighted by molar-refractivity contribution is -0.142. The highest BCUT2D eigenvalue weighted by molar-refractivity contribution is 5.94. The number of carbonyl (C=O) groups is 5. The third-order valence-electron chi connectivity index (χ3n) is 4.96. The molecule has 0 saturated carbocycles. The van der Waals surface area contributed by atoms with E-state index in [9.17, 15) is 29.1 Å². The van der Waals surface area contributed by atoms with Crippen LogP contribution in [0.15, 0.2) is 17.5 Å². The molecule has 0 fully saturated rings. The standard InChI is InChI=1S/C20H34N10O6/c1-10(16(32)29-13(19(35)36)4-5-15(22)31)28-18(34)14(7-11-8-25-9-27-11)30-17(33)12(21)3-2-6-26-20(23)24/h8-10,12-14H,2-7,21H2,1H3,(H2,22,31)(H,25,27)(H,28,34)(H,29,32)(H,30,33)(H,35,36)(H4,23,24,26). The number of rotatable bonds is 16. The normalized spacial score (nSPS) is 13.9. The first-order valence-electron chi connectivity index (χ1n) is 11.1. The Hall–Kier alpha value is -4.21. The summed E-state index contributed by atoms with van der Waals surface area (Å²) in [5, 5.41) is 16.5. The van der Waals surface area contributed by atoms with Gasteiger partial charge in [0, 0.05) is 31.3 Å². The molecule has 0 saturated heterocycles. The van der Waals surface area contributed by atoms with E-state index in [0.717, 1.165) is 0 Å². The number of carboxylic acid groups (broad SMARTS) is 1. The van der Waals surface area contributed by atoms with Crippen LogP contribution in [-0.2, 0) is 30.4 Å². The lowest BCUT2D eigenvalue weighted by atomic mass is 10.1. The average Bonchev–Trinajstić information content (AvgIpc) is 3.31. The smallest absolute Gasteiger partial charge is 0.326 e. The van der Waals surface area contributed by atoms with Gasteiger partial charge in [-0.05, 0) is 26.2 Å². The van der Waals surface area contributed by atoms with Gasteiger partial charge >= 0.3 is 5.97 Å². The maximum atomic E-state index is 12.9. The van der Waals surface area contributed by atoms with E-state index in [4.69, 9.17) is 22.9 Å². The van der Waals surface area contributed by atoms with Gasteiger partial charge in [0.2, 0.25) is 23.6 Å². The van der Waals surface area contributed by atoms with Gasteiger partial charge in [0.25, 0.3) is 0 Å². The van der Waals surface area contributed by atoms with Crippen molar-refractivity contribution in [3.8, 4) is 0 Å². The summed E-state index contributed by atoms with van der Waals surface area (Å²) in [6.45, 7) is 1.62. The number of amides is 4. The Kier molecular flexibility index (Phi) is 12.4. The first kappa shape index (κ1) is 29.8. The van der Waals surface area contributed by atoms with Gasteiger partial charge in [0.05, 0.1) is 12.4 Å². The van der Waals surface area contributed by atoms with Crippen LogP contribution in [-0.4, -0.2) is 81.3 Å². The molecule has 13 N–H and O–H groups in total. The molecule has 36 heavy (non-hydrogen) atoms. The minimum atomic E-state index is -1.37. The summed E-state index contributed by atoms with van der Waals surface area (Å²) in [6.07, 6.45) is 3.11. The minimum Gasteiger partial charge on any atom is -0.480 e. The van der Waals surface area contributed by atoms with Crippen LogP contribution in [0.4, 0.5) is 0 Å². The molecule has 0 radical (unpaired) electrons. The van der Waals surface area contributed by atoms with Crippen molar-refractivity contribution in [1.29, 1.82) is 0 Å². The van der Waals surface area contributed by atoms with E-state index in [2.05, 4.69) is 30.9 Å². The second-order valence-electron chi connectivity index (χ2n) is 8.03. The van der Waals surface area contributed by atoms with Gasteiger partial charge in [-0.15, -0.1) is 0 Å². The molecule has 1 aromatic heterocycles. The zero-order valence-corrected chi connectivity index (χ0v) is 19.9. The molecule has 4 unspecified atom stereocenters. The zero-order chi connectivity index (χ0) is 27.3. The van der Waals surface area contributed by atoms with Gasteiger partial charge in [-0.3, -0.25) is 24.2 Å². The lowest BCUT2D eigenvalue weighted by Crippen LogP contribution is -2.57. The third-order valence-corrected chi connectivity index (χ3v) is 4.96. The number of aliphatic imine (C=N–C) groups is 1. The van der Waals surface area contributed by atoms with Crippen LogP contribution < -0.4 is 38.9 Å². The molecule has 16 heteroatoms. The molecular formula is C20H34N10O6. The number of carbonyl (C=O) groups excluding carboxylic acids is 4. The largest absolute Gasteiger partial charge is 0.480 e. The van der Waals surface area contributed by atoms with Crippen LogP contribution in [0.5, 0.6) is 0 Å². The Morgan fingerprint density at radius 3 is 2.25 bits per heavy atom. The molecule has 0 spiro atoms. The van der Waals surface area contributed by atoms with Crippen LogP contribution in [0.1, 0.15) is 38.3 Å². The number of carboxylic acids is 1. The van der Waals surface area contributed by atoms with Gasteiger partial charge < -0.3 is 49.0 Å². The Balaban J connectivity index is 2.79. The predicted octanol–water partition coefficient (Wildman–Crippen LogP) is -3.84. The summed E-state index contributed by atoms with van der Waals surface area (Å²) in [6, 6.07) is -4.61. The van der Waals surface area contributed by atoms with E-state index < -0.39 is 53.8 Å². The van der Waals surface area contributed by atoms with E-state index in [0.29, 0.717) is 12.1 Å². The Bertz CT molecular complexity index is 931. The van der Waals surface area contributed by atoms with Crippen molar-refractivity contribution in [1.82, 2.24) is 25.9 Å². The minimum absolute atomic E-state index is 0.0169. The van der Waals surface area contributed by atoms with Gasteiger partial charge in [0.15, 0.2) is 5.96 Å². The van der Waals surface area contributed by atoms with E-state index in [1.165, 1.54) is 19.4 Å². The first-order valence-corrected chi connectivity index (χ1v) is 11.1. The number of primary amides is 1.